The average molecular weight is 307 g/mol. The predicted molar refractivity (Wildman–Crippen MR) is 78.5 cm³/mol. The molecule has 0 saturated heterocycles. The Morgan fingerprint density at radius 2 is 2.11 bits per heavy atom. The van der Waals surface area contributed by atoms with Gasteiger partial charge in [0.15, 0.2) is 15.7 Å². The molecule has 1 heterocycles. The number of nitrogen functional groups attached to an aromatic ring is 1. The van der Waals surface area contributed by atoms with Crippen LogP contribution >= 0.6 is 11.5 Å². The first-order valence-corrected chi connectivity index (χ1v) is 8.75. The molecule has 0 atom stereocenters. The molecule has 1 rings (SSSR count). The van der Waals surface area contributed by atoms with Crippen molar-refractivity contribution in [2.75, 3.05) is 36.6 Å². The molecule has 0 amide bonds. The molecule has 8 heteroatoms. The minimum absolute atomic E-state index is 0.0112. The van der Waals surface area contributed by atoms with Crippen LogP contribution in [0, 0.1) is 0 Å². The van der Waals surface area contributed by atoms with Crippen LogP contribution in [0.15, 0.2) is 4.90 Å². The maximum absolute atomic E-state index is 11.9. The third-order valence-electron chi connectivity index (χ3n) is 2.54. The summed E-state index contributed by atoms with van der Waals surface area (Å²) >= 11 is 1.07. The number of ether oxygens (including phenoxy) is 1. The molecule has 0 aromatic carbocycles. The molecule has 0 spiro atoms. The lowest BCUT2D eigenvalue weighted by atomic mass is 10.4. The van der Waals surface area contributed by atoms with Gasteiger partial charge in [-0.25, -0.2) is 8.42 Å². The standard InChI is InChI=1S/C11H21N3O3S2/c1-3-5-7-17-8-6-13-11-9(10(12)14-18-11)19(15,16)4-2/h13H,3-8H2,1-2H3,(H2,12,14). The largest absolute Gasteiger partial charge is 0.382 e. The summed E-state index contributed by atoms with van der Waals surface area (Å²) in [6.45, 7) is 5.48. The van der Waals surface area contributed by atoms with E-state index in [1.165, 1.54) is 0 Å². The molecule has 0 unspecified atom stereocenters. The number of sulfone groups is 1. The lowest BCUT2D eigenvalue weighted by molar-refractivity contribution is 0.141. The van der Waals surface area contributed by atoms with Gasteiger partial charge in [-0.3, -0.25) is 0 Å². The Hall–Kier alpha value is -0.860. The number of unbranched alkanes of at least 4 members (excludes halogenated alkanes) is 1. The van der Waals surface area contributed by atoms with Crippen molar-refractivity contribution in [3.63, 3.8) is 0 Å². The number of hydrogen-bond donors (Lipinski definition) is 2. The molecule has 1 aromatic rings. The molecular weight excluding hydrogens is 286 g/mol. The fourth-order valence-electron chi connectivity index (χ4n) is 1.44. The number of nitrogens with two attached hydrogens (primary N) is 1. The van der Waals surface area contributed by atoms with Crippen LogP contribution in [-0.2, 0) is 14.6 Å². The first-order valence-electron chi connectivity index (χ1n) is 6.32. The van der Waals surface area contributed by atoms with Crippen molar-refractivity contribution in [3.8, 4) is 0 Å². The van der Waals surface area contributed by atoms with Crippen molar-refractivity contribution in [1.29, 1.82) is 0 Å². The van der Waals surface area contributed by atoms with E-state index in [0.29, 0.717) is 18.2 Å². The molecule has 0 radical (unpaired) electrons. The third-order valence-corrected chi connectivity index (χ3v) is 5.28. The molecule has 0 aliphatic rings. The fraction of sp³-hybridized carbons (Fsp3) is 0.727. The number of anilines is 2. The summed E-state index contributed by atoms with van der Waals surface area (Å²) in [5, 5.41) is 3.52. The Morgan fingerprint density at radius 3 is 2.74 bits per heavy atom. The van der Waals surface area contributed by atoms with Gasteiger partial charge in [-0.2, -0.15) is 4.37 Å². The van der Waals surface area contributed by atoms with Gasteiger partial charge in [-0.05, 0) is 18.0 Å². The van der Waals surface area contributed by atoms with E-state index in [4.69, 9.17) is 10.5 Å². The van der Waals surface area contributed by atoms with E-state index in [1.54, 1.807) is 6.92 Å². The third kappa shape index (κ3) is 4.63. The Kier molecular flexibility index (Phi) is 6.53. The normalized spacial score (nSPS) is 11.7. The zero-order valence-corrected chi connectivity index (χ0v) is 12.9. The molecule has 6 nitrogen and oxygen atoms in total. The number of nitrogens with one attached hydrogen (secondary N) is 1. The number of aromatic nitrogens is 1. The maximum atomic E-state index is 11.9. The Balaban J connectivity index is 2.56. The first kappa shape index (κ1) is 16.2. The summed E-state index contributed by atoms with van der Waals surface area (Å²) in [4.78, 5) is 0.119. The van der Waals surface area contributed by atoms with E-state index in [-0.39, 0.29) is 16.5 Å². The quantitative estimate of drug-likeness (QED) is 0.675. The van der Waals surface area contributed by atoms with E-state index in [2.05, 4.69) is 16.6 Å². The van der Waals surface area contributed by atoms with Gasteiger partial charge in [-0.15, -0.1) is 0 Å². The zero-order valence-electron chi connectivity index (χ0n) is 11.3. The molecule has 110 valence electrons. The maximum Gasteiger partial charge on any atom is 0.184 e. The highest BCUT2D eigenvalue weighted by Gasteiger charge is 2.23. The number of rotatable bonds is 9. The summed E-state index contributed by atoms with van der Waals surface area (Å²) in [5.74, 6) is 0.0818. The van der Waals surface area contributed by atoms with E-state index < -0.39 is 9.84 Å². The van der Waals surface area contributed by atoms with Crippen molar-refractivity contribution in [3.05, 3.63) is 0 Å². The van der Waals surface area contributed by atoms with Crippen LogP contribution in [0.2, 0.25) is 0 Å². The molecular formula is C11H21N3O3S2. The second-order valence-corrected chi connectivity index (χ2v) is 7.01. The molecule has 19 heavy (non-hydrogen) atoms. The summed E-state index contributed by atoms with van der Waals surface area (Å²) in [6.07, 6.45) is 2.13. The van der Waals surface area contributed by atoms with Gasteiger partial charge in [0.25, 0.3) is 0 Å². The van der Waals surface area contributed by atoms with E-state index in [9.17, 15) is 8.42 Å². The van der Waals surface area contributed by atoms with Crippen LogP contribution in [0.4, 0.5) is 10.8 Å². The smallest absolute Gasteiger partial charge is 0.184 e. The summed E-state index contributed by atoms with van der Waals surface area (Å²) < 4.78 is 33.1. The Morgan fingerprint density at radius 1 is 1.37 bits per heavy atom. The van der Waals surface area contributed by atoms with Gasteiger partial charge in [0, 0.05) is 13.2 Å². The van der Waals surface area contributed by atoms with Crippen molar-refractivity contribution in [1.82, 2.24) is 4.37 Å². The minimum Gasteiger partial charge on any atom is -0.382 e. The zero-order chi connectivity index (χ0) is 14.3. The van der Waals surface area contributed by atoms with Gasteiger partial charge in [0.1, 0.15) is 9.90 Å². The minimum atomic E-state index is -3.35. The van der Waals surface area contributed by atoms with Crippen LogP contribution in [0.5, 0.6) is 0 Å². The van der Waals surface area contributed by atoms with Crippen LogP contribution in [-0.4, -0.2) is 38.3 Å². The van der Waals surface area contributed by atoms with Crippen LogP contribution < -0.4 is 11.1 Å². The monoisotopic (exact) mass is 307 g/mol. The van der Waals surface area contributed by atoms with Gasteiger partial charge < -0.3 is 15.8 Å². The summed E-state index contributed by atoms with van der Waals surface area (Å²) in [7, 11) is -3.35. The van der Waals surface area contributed by atoms with Crippen LogP contribution in [0.1, 0.15) is 26.7 Å². The molecule has 0 saturated carbocycles. The molecule has 0 aliphatic heterocycles. The van der Waals surface area contributed by atoms with Crippen molar-refractivity contribution in [2.45, 2.75) is 31.6 Å². The van der Waals surface area contributed by atoms with Gasteiger partial charge in [-0.1, -0.05) is 20.3 Å². The highest BCUT2D eigenvalue weighted by Crippen LogP contribution is 2.31. The second kappa shape index (κ2) is 7.66. The molecule has 1 aromatic heterocycles. The predicted octanol–water partition coefficient (Wildman–Crippen LogP) is 1.75. The van der Waals surface area contributed by atoms with Crippen LogP contribution in [0.3, 0.4) is 0 Å². The first-order chi connectivity index (χ1) is 9.03. The van der Waals surface area contributed by atoms with Gasteiger partial charge >= 0.3 is 0 Å². The molecule has 0 aliphatic carbocycles. The topological polar surface area (TPSA) is 94.3 Å². The summed E-state index contributed by atoms with van der Waals surface area (Å²) in [5.41, 5.74) is 5.62. The molecule has 0 bridgehead atoms. The van der Waals surface area contributed by atoms with Crippen molar-refractivity contribution < 1.29 is 13.2 Å². The number of nitrogens with zero attached hydrogens (tertiary/aromatic N) is 1. The van der Waals surface area contributed by atoms with E-state index >= 15 is 0 Å². The Bertz CT molecular complexity index is 485. The average Bonchev–Trinajstić information content (AvgIpc) is 2.75. The van der Waals surface area contributed by atoms with Crippen molar-refractivity contribution >= 4 is 32.2 Å². The highest BCUT2D eigenvalue weighted by atomic mass is 32.2. The van der Waals surface area contributed by atoms with E-state index in [1.807, 2.05) is 0 Å². The summed E-state index contributed by atoms with van der Waals surface area (Å²) in [6, 6.07) is 0. The Labute approximate surface area is 118 Å². The van der Waals surface area contributed by atoms with E-state index in [0.717, 1.165) is 31.0 Å². The van der Waals surface area contributed by atoms with Gasteiger partial charge in [0.05, 0.1) is 12.4 Å². The lowest BCUT2D eigenvalue weighted by Crippen LogP contribution is -2.13. The number of hydrogen-bond acceptors (Lipinski definition) is 7. The van der Waals surface area contributed by atoms with Gasteiger partial charge in [0.2, 0.25) is 0 Å². The lowest BCUT2D eigenvalue weighted by Gasteiger charge is -2.07. The SMILES string of the molecule is CCCCOCCNc1snc(N)c1S(=O)(=O)CC. The van der Waals surface area contributed by atoms with Crippen molar-refractivity contribution in [2.24, 2.45) is 0 Å². The highest BCUT2D eigenvalue weighted by molar-refractivity contribution is 7.91. The molecule has 3 N–H and O–H groups in total. The molecule has 0 fully saturated rings. The van der Waals surface area contributed by atoms with Crippen LogP contribution in [0.25, 0.3) is 0 Å². The fourth-order valence-corrected chi connectivity index (χ4v) is 3.63. The second-order valence-electron chi connectivity index (χ2n) is 4.02.